The lowest BCUT2D eigenvalue weighted by Gasteiger charge is -2.17. The summed E-state index contributed by atoms with van der Waals surface area (Å²) in [5, 5.41) is 8.21. The van der Waals surface area contributed by atoms with Crippen molar-refractivity contribution in [2.45, 2.75) is 19.9 Å². The Labute approximate surface area is 123 Å². The van der Waals surface area contributed by atoms with Crippen LogP contribution in [0.15, 0.2) is 35.7 Å². The van der Waals surface area contributed by atoms with Crippen molar-refractivity contribution in [3.8, 4) is 0 Å². The van der Waals surface area contributed by atoms with E-state index in [1.165, 1.54) is 4.88 Å². The van der Waals surface area contributed by atoms with Crippen molar-refractivity contribution in [3.05, 3.63) is 46.2 Å². The molecule has 0 saturated carbocycles. The molecule has 0 aliphatic carbocycles. The van der Waals surface area contributed by atoms with Crippen LogP contribution in [-0.2, 0) is 0 Å². The fraction of sp³-hybridized carbons (Fsp3) is 0.267. The van der Waals surface area contributed by atoms with E-state index in [1.54, 1.807) is 29.5 Å². The van der Waals surface area contributed by atoms with E-state index in [1.807, 2.05) is 18.4 Å². The highest BCUT2D eigenvalue weighted by Gasteiger charge is 2.14. The number of rotatable bonds is 5. The Bertz CT molecular complexity index is 581. The lowest BCUT2D eigenvalue weighted by molar-refractivity contribution is 0.0956. The topological polar surface area (TPSA) is 67.2 Å². The highest BCUT2D eigenvalue weighted by molar-refractivity contribution is 7.10. The molecule has 0 bridgehead atoms. The molecule has 0 spiro atoms. The molecule has 1 aromatic carbocycles. The second-order valence-corrected chi connectivity index (χ2v) is 5.53. The van der Waals surface area contributed by atoms with Crippen molar-refractivity contribution in [2.75, 3.05) is 17.6 Å². The number of nitrogens with one attached hydrogen (secondary N) is 2. The quantitative estimate of drug-likeness (QED) is 0.740. The molecule has 1 amide bonds. The molecule has 2 rings (SSSR count). The molecule has 0 fully saturated rings. The van der Waals surface area contributed by atoms with Gasteiger partial charge in [-0.3, -0.25) is 4.79 Å². The molecular weight excluding hydrogens is 270 g/mol. The maximum Gasteiger partial charge on any atom is 0.253 e. The number of nitrogens with two attached hydrogens (primary N) is 1. The van der Waals surface area contributed by atoms with E-state index in [0.717, 1.165) is 5.69 Å². The summed E-state index contributed by atoms with van der Waals surface area (Å²) in [6.45, 7) is 4.57. The van der Waals surface area contributed by atoms with Crippen molar-refractivity contribution in [1.82, 2.24) is 5.32 Å². The molecule has 0 aliphatic rings. The maximum absolute atomic E-state index is 12.1. The molecule has 1 heterocycles. The summed E-state index contributed by atoms with van der Waals surface area (Å²) >= 11 is 1.68. The van der Waals surface area contributed by atoms with Crippen LogP contribution < -0.4 is 16.4 Å². The summed E-state index contributed by atoms with van der Waals surface area (Å²) in [4.78, 5) is 13.3. The Morgan fingerprint density at radius 3 is 2.85 bits per heavy atom. The molecule has 20 heavy (non-hydrogen) atoms. The van der Waals surface area contributed by atoms with Gasteiger partial charge in [0.25, 0.3) is 5.91 Å². The van der Waals surface area contributed by atoms with Gasteiger partial charge in [0, 0.05) is 22.8 Å². The number of carbonyl (C=O) groups excluding carboxylic acids is 1. The first-order valence-electron chi connectivity index (χ1n) is 6.59. The van der Waals surface area contributed by atoms with E-state index in [2.05, 4.69) is 23.6 Å². The summed E-state index contributed by atoms with van der Waals surface area (Å²) in [6, 6.07) is 9.51. The smallest absolute Gasteiger partial charge is 0.253 e. The van der Waals surface area contributed by atoms with Crippen LogP contribution in [0.25, 0.3) is 0 Å². The van der Waals surface area contributed by atoms with Gasteiger partial charge in [-0.15, -0.1) is 11.3 Å². The molecule has 0 radical (unpaired) electrons. The fourth-order valence-electron chi connectivity index (χ4n) is 1.98. The van der Waals surface area contributed by atoms with Crippen molar-refractivity contribution >= 4 is 28.6 Å². The lowest BCUT2D eigenvalue weighted by Crippen LogP contribution is -2.24. The van der Waals surface area contributed by atoms with Gasteiger partial charge in [0.1, 0.15) is 0 Å². The normalized spacial score (nSPS) is 11.9. The number of thiophene rings is 1. The van der Waals surface area contributed by atoms with Crippen LogP contribution in [0.4, 0.5) is 11.4 Å². The van der Waals surface area contributed by atoms with Gasteiger partial charge in [0.05, 0.1) is 11.6 Å². The molecule has 106 valence electrons. The van der Waals surface area contributed by atoms with Crippen LogP contribution in [0.1, 0.15) is 35.1 Å². The minimum absolute atomic E-state index is 0.0895. The molecule has 0 saturated heterocycles. The highest BCUT2D eigenvalue weighted by Crippen LogP contribution is 2.26. The van der Waals surface area contributed by atoms with Gasteiger partial charge >= 0.3 is 0 Å². The lowest BCUT2D eigenvalue weighted by atomic mass is 10.1. The minimum atomic E-state index is -0.0895. The van der Waals surface area contributed by atoms with Crippen molar-refractivity contribution < 1.29 is 4.79 Å². The summed E-state index contributed by atoms with van der Waals surface area (Å²) in [5.41, 5.74) is 7.84. The van der Waals surface area contributed by atoms with Crippen LogP contribution in [0.5, 0.6) is 0 Å². The third kappa shape index (κ3) is 3.30. The first-order chi connectivity index (χ1) is 9.61. The zero-order valence-corrected chi connectivity index (χ0v) is 12.5. The van der Waals surface area contributed by atoms with Crippen LogP contribution in [0, 0.1) is 0 Å². The van der Waals surface area contributed by atoms with Crippen LogP contribution in [-0.4, -0.2) is 12.5 Å². The first-order valence-corrected chi connectivity index (χ1v) is 7.47. The number of amides is 1. The van der Waals surface area contributed by atoms with Crippen LogP contribution >= 0.6 is 11.3 Å². The Kier molecular flexibility index (Phi) is 4.63. The van der Waals surface area contributed by atoms with Crippen LogP contribution in [0.2, 0.25) is 0 Å². The maximum atomic E-state index is 12.1. The fourth-order valence-corrected chi connectivity index (χ4v) is 2.71. The first kappa shape index (κ1) is 14.4. The van der Waals surface area contributed by atoms with Gasteiger partial charge in [-0.05, 0) is 43.5 Å². The number of nitrogen functional groups attached to an aromatic ring is 1. The highest BCUT2D eigenvalue weighted by atomic mass is 32.1. The molecule has 5 heteroatoms. The second kappa shape index (κ2) is 6.43. The van der Waals surface area contributed by atoms with Gasteiger partial charge in [-0.2, -0.15) is 0 Å². The zero-order chi connectivity index (χ0) is 14.5. The Morgan fingerprint density at radius 2 is 2.20 bits per heavy atom. The molecule has 1 aromatic heterocycles. The van der Waals surface area contributed by atoms with E-state index in [0.29, 0.717) is 17.8 Å². The number of hydrogen-bond acceptors (Lipinski definition) is 4. The number of carbonyl (C=O) groups is 1. The summed E-state index contributed by atoms with van der Waals surface area (Å²) in [6.07, 6.45) is 0. The number of hydrogen-bond donors (Lipinski definition) is 3. The van der Waals surface area contributed by atoms with E-state index in [4.69, 9.17) is 5.73 Å². The molecule has 4 N–H and O–H groups in total. The zero-order valence-electron chi connectivity index (χ0n) is 11.6. The second-order valence-electron chi connectivity index (χ2n) is 4.55. The minimum Gasteiger partial charge on any atom is -0.399 e. The Hall–Kier alpha value is -2.01. The largest absolute Gasteiger partial charge is 0.399 e. The van der Waals surface area contributed by atoms with E-state index in [-0.39, 0.29) is 11.9 Å². The van der Waals surface area contributed by atoms with Crippen molar-refractivity contribution in [1.29, 1.82) is 0 Å². The van der Waals surface area contributed by atoms with Gasteiger partial charge in [0.15, 0.2) is 0 Å². The van der Waals surface area contributed by atoms with Gasteiger partial charge in [-0.1, -0.05) is 6.07 Å². The number of anilines is 2. The predicted octanol–water partition coefficient (Wildman–Crippen LogP) is 3.25. The summed E-state index contributed by atoms with van der Waals surface area (Å²) in [7, 11) is 0. The molecular formula is C15H19N3OS. The number of benzene rings is 1. The molecule has 0 aliphatic heterocycles. The van der Waals surface area contributed by atoms with Crippen molar-refractivity contribution in [3.63, 3.8) is 0 Å². The van der Waals surface area contributed by atoms with Gasteiger partial charge in [0.2, 0.25) is 0 Å². The third-order valence-corrected chi connectivity index (χ3v) is 4.02. The SMILES string of the molecule is CCNC(=O)c1ccc(N)cc1NC(C)c1cccs1. The molecule has 4 nitrogen and oxygen atoms in total. The van der Waals surface area contributed by atoms with E-state index in [9.17, 15) is 4.79 Å². The van der Waals surface area contributed by atoms with Gasteiger partial charge < -0.3 is 16.4 Å². The van der Waals surface area contributed by atoms with Crippen LogP contribution in [0.3, 0.4) is 0 Å². The third-order valence-electron chi connectivity index (χ3n) is 2.97. The van der Waals surface area contributed by atoms with Gasteiger partial charge in [-0.25, -0.2) is 0 Å². The average Bonchev–Trinajstić information content (AvgIpc) is 2.93. The standard InChI is InChI=1S/C15H19N3OS/c1-3-17-15(19)12-7-6-11(16)9-13(12)18-10(2)14-5-4-8-20-14/h4-10,18H,3,16H2,1-2H3,(H,17,19). The Morgan fingerprint density at radius 1 is 1.40 bits per heavy atom. The predicted molar refractivity (Wildman–Crippen MR) is 85.2 cm³/mol. The van der Waals surface area contributed by atoms with E-state index >= 15 is 0 Å². The summed E-state index contributed by atoms with van der Waals surface area (Å²) < 4.78 is 0. The molecule has 1 atom stereocenters. The average molecular weight is 289 g/mol. The molecule has 1 unspecified atom stereocenters. The Balaban J connectivity index is 2.25. The summed E-state index contributed by atoms with van der Waals surface area (Å²) in [5.74, 6) is -0.0895. The monoisotopic (exact) mass is 289 g/mol. The van der Waals surface area contributed by atoms with E-state index < -0.39 is 0 Å². The molecule has 2 aromatic rings. The van der Waals surface area contributed by atoms with Crippen molar-refractivity contribution in [2.24, 2.45) is 0 Å².